The van der Waals surface area contributed by atoms with Crippen LogP contribution in [0.1, 0.15) is 5.56 Å². The smallest absolute Gasteiger partial charge is 0.276 e. The van der Waals surface area contributed by atoms with Gasteiger partial charge in [-0.15, -0.1) is 0 Å². The number of rotatable bonds is 7. The number of carbonyl (C=O) groups excluding carboxylic acids is 1. The number of hydrogen-bond donors (Lipinski definition) is 2. The molecule has 0 spiro atoms. The van der Waals surface area contributed by atoms with E-state index in [0.29, 0.717) is 12.2 Å². The van der Waals surface area contributed by atoms with Crippen molar-refractivity contribution in [1.82, 2.24) is 10.3 Å². The van der Waals surface area contributed by atoms with Crippen LogP contribution in [0.15, 0.2) is 60.7 Å². The molecule has 1 amide bonds. The Kier molecular flexibility index (Phi) is 6.08. The maximum absolute atomic E-state index is 12.1. The van der Waals surface area contributed by atoms with E-state index in [-0.39, 0.29) is 0 Å². The maximum atomic E-state index is 12.1. The van der Waals surface area contributed by atoms with Crippen LogP contribution in [0.4, 0.5) is 0 Å². The van der Waals surface area contributed by atoms with E-state index in [2.05, 4.69) is 5.43 Å². The lowest BCUT2D eigenvalue weighted by Crippen LogP contribution is -2.47. The van der Waals surface area contributed by atoms with Crippen molar-refractivity contribution in [3.8, 4) is 5.75 Å². The Morgan fingerprint density at radius 2 is 1.68 bits per heavy atom. The van der Waals surface area contributed by atoms with Crippen molar-refractivity contribution in [3.63, 3.8) is 0 Å². The average molecular weight is 319 g/mol. The second kappa shape index (κ2) is 8.28. The summed E-state index contributed by atoms with van der Waals surface area (Å²) < 4.78 is 26.6. The van der Waals surface area contributed by atoms with Gasteiger partial charge in [0.2, 0.25) is 0 Å². The second-order valence-electron chi connectivity index (χ2n) is 4.44. The van der Waals surface area contributed by atoms with E-state index in [0.717, 1.165) is 5.56 Å². The Morgan fingerprint density at radius 3 is 2.27 bits per heavy atom. The molecule has 0 aliphatic carbocycles. The first-order chi connectivity index (χ1) is 10.6. The summed E-state index contributed by atoms with van der Waals surface area (Å²) >= 11 is -2.58. The van der Waals surface area contributed by atoms with Crippen LogP contribution in [-0.4, -0.2) is 20.8 Å². The third-order valence-corrected chi connectivity index (χ3v) is 3.10. The lowest BCUT2D eigenvalue weighted by molar-refractivity contribution is -0.128. The molecule has 2 aromatic carbocycles. The molecule has 0 aliphatic heterocycles. The Morgan fingerprint density at radius 1 is 1.09 bits per heavy atom. The molecule has 0 radical (unpaired) electrons. The van der Waals surface area contributed by atoms with Crippen molar-refractivity contribution in [3.05, 3.63) is 66.2 Å². The first kappa shape index (κ1) is 16.2. The fourth-order valence-corrected chi connectivity index (χ4v) is 2.04. The van der Waals surface area contributed by atoms with E-state index < -0.39 is 23.3 Å². The molecule has 0 bridgehead atoms. The zero-order chi connectivity index (χ0) is 15.8. The zero-order valence-corrected chi connectivity index (χ0v) is 12.4. The number of hydrogen-bond acceptors (Lipinski definition) is 4. The van der Waals surface area contributed by atoms with Crippen molar-refractivity contribution in [2.24, 2.45) is 0 Å². The maximum Gasteiger partial charge on any atom is 0.276 e. The minimum Gasteiger partial charge on any atom is -0.759 e. The van der Waals surface area contributed by atoms with Crippen LogP contribution in [0.25, 0.3) is 0 Å². The molecule has 2 N–H and O–H groups in total. The van der Waals surface area contributed by atoms with Gasteiger partial charge in [-0.3, -0.25) is 14.4 Å². The highest BCUT2D eigenvalue weighted by Crippen LogP contribution is 2.14. The van der Waals surface area contributed by atoms with Gasteiger partial charge in [0.05, 0.1) is 0 Å². The third-order valence-electron chi connectivity index (χ3n) is 2.84. The molecular weight excluding hydrogens is 304 g/mol. The molecule has 2 aromatic rings. The number of para-hydroxylation sites is 1. The molecule has 0 saturated heterocycles. The molecule has 22 heavy (non-hydrogen) atoms. The zero-order valence-electron chi connectivity index (χ0n) is 11.6. The van der Waals surface area contributed by atoms with Crippen LogP contribution in [0.2, 0.25) is 0 Å². The number of amides is 1. The Bertz CT molecular complexity index is 580. The van der Waals surface area contributed by atoms with Crippen molar-refractivity contribution < 1.29 is 18.3 Å². The number of benzene rings is 2. The van der Waals surface area contributed by atoms with Gasteiger partial charge < -0.3 is 9.29 Å². The molecule has 2 atom stereocenters. The first-order valence-electron chi connectivity index (χ1n) is 6.55. The van der Waals surface area contributed by atoms with Crippen LogP contribution >= 0.6 is 0 Å². The quantitative estimate of drug-likeness (QED) is 0.590. The summed E-state index contributed by atoms with van der Waals surface area (Å²) in [7, 11) is 0. The third kappa shape index (κ3) is 5.28. The molecule has 0 aliphatic rings. The fraction of sp³-hybridized carbons (Fsp3) is 0.133. The molecule has 6 nitrogen and oxygen atoms in total. The van der Waals surface area contributed by atoms with Crippen LogP contribution in [0, 0.1) is 0 Å². The van der Waals surface area contributed by atoms with Crippen molar-refractivity contribution in [1.29, 1.82) is 0 Å². The van der Waals surface area contributed by atoms with Crippen LogP contribution in [0.5, 0.6) is 5.75 Å². The Hall–Kier alpha value is -2.22. The Labute approximate surface area is 130 Å². The predicted octanol–water partition coefficient (Wildman–Crippen LogP) is 1.09. The van der Waals surface area contributed by atoms with E-state index in [1.165, 1.54) is 0 Å². The lowest BCUT2D eigenvalue weighted by Gasteiger charge is -2.19. The standard InChI is InChI=1S/C15H16N2O4S/c18-15(16-17-22(19)20)14(11-12-7-3-1-4-8-12)21-13-9-5-2-6-10-13/h1-10,14,17H,11H2,(H,16,18)(H,19,20)/p-1. The minimum atomic E-state index is -2.58. The van der Waals surface area contributed by atoms with Crippen LogP contribution in [-0.2, 0) is 22.5 Å². The molecular formula is C15H15N2O4S-. The summed E-state index contributed by atoms with van der Waals surface area (Å²) in [5, 5.41) is 0. The lowest BCUT2D eigenvalue weighted by atomic mass is 10.1. The highest BCUT2D eigenvalue weighted by atomic mass is 32.2. The topological polar surface area (TPSA) is 90.5 Å². The monoisotopic (exact) mass is 319 g/mol. The van der Waals surface area contributed by atoms with Gasteiger partial charge in [-0.1, -0.05) is 48.5 Å². The second-order valence-corrected chi connectivity index (χ2v) is 5.11. The van der Waals surface area contributed by atoms with E-state index in [1.54, 1.807) is 24.3 Å². The summed E-state index contributed by atoms with van der Waals surface area (Å²) in [6, 6.07) is 18.2. The molecule has 7 heteroatoms. The van der Waals surface area contributed by atoms with E-state index in [4.69, 9.17) is 4.74 Å². The van der Waals surface area contributed by atoms with Crippen LogP contribution in [0.3, 0.4) is 0 Å². The van der Waals surface area contributed by atoms with Crippen molar-refractivity contribution in [2.45, 2.75) is 12.5 Å². The van der Waals surface area contributed by atoms with E-state index in [1.807, 2.05) is 41.2 Å². The fourth-order valence-electron chi connectivity index (χ4n) is 1.85. The van der Waals surface area contributed by atoms with Gasteiger partial charge in [0.15, 0.2) is 6.10 Å². The number of ether oxygens (including phenoxy) is 1. The summed E-state index contributed by atoms with van der Waals surface area (Å²) in [4.78, 5) is 13.9. The molecule has 2 rings (SSSR count). The largest absolute Gasteiger partial charge is 0.759 e. The van der Waals surface area contributed by atoms with Gasteiger partial charge in [-0.2, -0.15) is 4.83 Å². The summed E-state index contributed by atoms with van der Waals surface area (Å²) in [6.07, 6.45) is -0.546. The highest BCUT2D eigenvalue weighted by Gasteiger charge is 2.21. The Balaban J connectivity index is 2.09. The van der Waals surface area contributed by atoms with Crippen LogP contribution < -0.4 is 15.0 Å². The van der Waals surface area contributed by atoms with Gasteiger partial charge in [0, 0.05) is 17.7 Å². The van der Waals surface area contributed by atoms with Gasteiger partial charge in [0.25, 0.3) is 5.91 Å². The summed E-state index contributed by atoms with van der Waals surface area (Å²) in [5.41, 5.74) is 3.00. The van der Waals surface area contributed by atoms with E-state index >= 15 is 0 Å². The van der Waals surface area contributed by atoms with Gasteiger partial charge in [-0.25, -0.2) is 0 Å². The van der Waals surface area contributed by atoms with Crippen molar-refractivity contribution >= 4 is 17.2 Å². The molecule has 116 valence electrons. The number of nitrogens with one attached hydrogen (secondary N) is 2. The summed E-state index contributed by atoms with van der Waals surface area (Å²) in [6.45, 7) is 0. The molecule has 0 heterocycles. The normalized spacial score (nSPS) is 13.1. The first-order valence-corrected chi connectivity index (χ1v) is 7.63. The molecule has 0 saturated carbocycles. The van der Waals surface area contributed by atoms with Crippen molar-refractivity contribution in [2.75, 3.05) is 0 Å². The summed E-state index contributed by atoms with van der Waals surface area (Å²) in [5.74, 6) is -0.0428. The molecule has 2 unspecified atom stereocenters. The minimum absolute atomic E-state index is 0.314. The van der Waals surface area contributed by atoms with E-state index in [9.17, 15) is 13.6 Å². The van der Waals surface area contributed by atoms with Gasteiger partial charge in [0.1, 0.15) is 5.75 Å². The van der Waals surface area contributed by atoms with Gasteiger partial charge >= 0.3 is 0 Å². The SMILES string of the molecule is O=C(NNS(=O)[O-])C(Cc1ccccc1)Oc1ccccc1. The molecule has 0 fully saturated rings. The number of hydrazine groups is 1. The average Bonchev–Trinajstić information content (AvgIpc) is 2.54. The highest BCUT2D eigenvalue weighted by molar-refractivity contribution is 7.77. The molecule has 0 aromatic heterocycles. The number of carbonyl (C=O) groups is 1. The van der Waals surface area contributed by atoms with Gasteiger partial charge in [-0.05, 0) is 17.7 Å². The predicted molar refractivity (Wildman–Crippen MR) is 81.2 cm³/mol.